The molecule has 0 spiro atoms. The Morgan fingerprint density at radius 3 is 2.62 bits per heavy atom. The average molecular weight is 242 g/mol. The molecule has 1 aromatic rings. The van der Waals surface area contributed by atoms with Gasteiger partial charge >= 0.3 is 0 Å². The minimum Gasteiger partial charge on any atom is -0.490 e. The summed E-state index contributed by atoms with van der Waals surface area (Å²) < 4.78 is 5.91. The molecule has 0 heterocycles. The molecule has 0 saturated heterocycles. The summed E-state index contributed by atoms with van der Waals surface area (Å²) in [7, 11) is 0. The Labute approximate surface area is 104 Å². The van der Waals surface area contributed by atoms with E-state index in [9.17, 15) is 0 Å². The first kappa shape index (κ1) is 13.3. The molecule has 0 aromatic heterocycles. The standard InChI is InChI=1S/C13H19NO.ClH/c1-10(14)11-5-4-8-13(9-11)15-12-6-2-3-7-12;/h4-5,8-10,12H,2-3,6-7,14H2,1H3;1H/t10-;/m0./s1. The Balaban J connectivity index is 0.00000128. The Bertz CT molecular complexity index is 321. The van der Waals surface area contributed by atoms with Crippen LogP contribution in [-0.2, 0) is 0 Å². The van der Waals surface area contributed by atoms with Gasteiger partial charge in [0.25, 0.3) is 0 Å². The maximum absolute atomic E-state index is 5.91. The SMILES string of the molecule is C[C@H](N)c1cccc(OC2CCCC2)c1.Cl. The Morgan fingerprint density at radius 2 is 2.00 bits per heavy atom. The van der Waals surface area contributed by atoms with Crippen LogP contribution in [-0.4, -0.2) is 6.10 Å². The lowest BCUT2D eigenvalue weighted by Crippen LogP contribution is -2.11. The third-order valence-electron chi connectivity index (χ3n) is 2.99. The van der Waals surface area contributed by atoms with Gasteiger partial charge in [0.1, 0.15) is 5.75 Å². The second-order valence-corrected chi connectivity index (χ2v) is 4.39. The first-order valence-corrected chi connectivity index (χ1v) is 5.78. The molecule has 1 atom stereocenters. The van der Waals surface area contributed by atoms with Gasteiger partial charge in [0.15, 0.2) is 0 Å². The molecule has 1 fully saturated rings. The summed E-state index contributed by atoms with van der Waals surface area (Å²) in [5.41, 5.74) is 6.98. The van der Waals surface area contributed by atoms with Crippen LogP contribution in [0.15, 0.2) is 24.3 Å². The van der Waals surface area contributed by atoms with Gasteiger partial charge in [0.05, 0.1) is 6.10 Å². The third kappa shape index (κ3) is 3.39. The van der Waals surface area contributed by atoms with E-state index in [2.05, 4.69) is 6.07 Å². The van der Waals surface area contributed by atoms with Crippen molar-refractivity contribution >= 4 is 12.4 Å². The van der Waals surface area contributed by atoms with Crippen LogP contribution in [0.25, 0.3) is 0 Å². The Kier molecular flexibility index (Phi) is 5.10. The Hall–Kier alpha value is -0.730. The monoisotopic (exact) mass is 241 g/mol. The molecule has 1 aliphatic carbocycles. The minimum atomic E-state index is 0. The van der Waals surface area contributed by atoms with E-state index in [0.717, 1.165) is 11.3 Å². The smallest absolute Gasteiger partial charge is 0.120 e. The summed E-state index contributed by atoms with van der Waals surface area (Å²) in [4.78, 5) is 0. The van der Waals surface area contributed by atoms with E-state index in [1.165, 1.54) is 25.7 Å². The molecule has 1 aliphatic rings. The van der Waals surface area contributed by atoms with Gasteiger partial charge in [-0.05, 0) is 50.3 Å². The largest absolute Gasteiger partial charge is 0.490 e. The van der Waals surface area contributed by atoms with Crippen molar-refractivity contribution < 1.29 is 4.74 Å². The van der Waals surface area contributed by atoms with E-state index in [1.807, 2.05) is 25.1 Å². The van der Waals surface area contributed by atoms with Gasteiger partial charge in [0, 0.05) is 6.04 Å². The molecule has 0 amide bonds. The van der Waals surface area contributed by atoms with E-state index in [4.69, 9.17) is 10.5 Å². The van der Waals surface area contributed by atoms with Crippen LogP contribution in [0.2, 0.25) is 0 Å². The van der Waals surface area contributed by atoms with Crippen molar-refractivity contribution in [3.05, 3.63) is 29.8 Å². The number of ether oxygens (including phenoxy) is 1. The van der Waals surface area contributed by atoms with Crippen molar-refractivity contribution in [1.82, 2.24) is 0 Å². The number of benzene rings is 1. The van der Waals surface area contributed by atoms with E-state index in [0.29, 0.717) is 6.10 Å². The molecule has 1 aromatic carbocycles. The normalized spacial score (nSPS) is 17.9. The maximum atomic E-state index is 5.91. The highest BCUT2D eigenvalue weighted by Gasteiger charge is 2.16. The quantitative estimate of drug-likeness (QED) is 0.880. The van der Waals surface area contributed by atoms with Crippen molar-refractivity contribution in [3.8, 4) is 5.75 Å². The fraction of sp³-hybridized carbons (Fsp3) is 0.538. The van der Waals surface area contributed by atoms with Gasteiger partial charge in [-0.2, -0.15) is 0 Å². The predicted molar refractivity (Wildman–Crippen MR) is 69.2 cm³/mol. The summed E-state index contributed by atoms with van der Waals surface area (Å²) >= 11 is 0. The first-order chi connectivity index (χ1) is 7.25. The molecule has 90 valence electrons. The molecule has 1 saturated carbocycles. The molecule has 2 N–H and O–H groups in total. The predicted octanol–water partition coefficient (Wildman–Crippen LogP) is 3.45. The second-order valence-electron chi connectivity index (χ2n) is 4.39. The fourth-order valence-corrected chi connectivity index (χ4v) is 2.07. The zero-order valence-electron chi connectivity index (χ0n) is 9.69. The molecular weight excluding hydrogens is 222 g/mol. The molecule has 0 bridgehead atoms. The molecule has 16 heavy (non-hydrogen) atoms. The number of hydrogen-bond donors (Lipinski definition) is 1. The van der Waals surface area contributed by atoms with E-state index in [-0.39, 0.29) is 18.4 Å². The highest BCUT2D eigenvalue weighted by molar-refractivity contribution is 5.85. The zero-order chi connectivity index (χ0) is 10.7. The number of nitrogens with two attached hydrogens (primary N) is 1. The van der Waals surface area contributed by atoms with Crippen LogP contribution in [0.1, 0.15) is 44.2 Å². The van der Waals surface area contributed by atoms with Crippen molar-refractivity contribution in [2.45, 2.75) is 44.8 Å². The van der Waals surface area contributed by atoms with Crippen LogP contribution in [0.4, 0.5) is 0 Å². The van der Waals surface area contributed by atoms with E-state index in [1.54, 1.807) is 0 Å². The summed E-state index contributed by atoms with van der Waals surface area (Å²) in [5.74, 6) is 0.969. The number of rotatable bonds is 3. The highest BCUT2D eigenvalue weighted by Crippen LogP contribution is 2.25. The second kappa shape index (κ2) is 6.12. The van der Waals surface area contributed by atoms with Crippen LogP contribution in [0, 0.1) is 0 Å². The van der Waals surface area contributed by atoms with Crippen molar-refractivity contribution in [2.24, 2.45) is 5.73 Å². The van der Waals surface area contributed by atoms with E-state index < -0.39 is 0 Å². The topological polar surface area (TPSA) is 35.2 Å². The molecule has 0 aliphatic heterocycles. The minimum absolute atomic E-state index is 0. The third-order valence-corrected chi connectivity index (χ3v) is 2.99. The summed E-state index contributed by atoms with van der Waals surface area (Å²) in [6.07, 6.45) is 5.42. The maximum Gasteiger partial charge on any atom is 0.120 e. The molecule has 0 unspecified atom stereocenters. The molecule has 0 radical (unpaired) electrons. The first-order valence-electron chi connectivity index (χ1n) is 5.78. The highest BCUT2D eigenvalue weighted by atomic mass is 35.5. The van der Waals surface area contributed by atoms with Crippen LogP contribution >= 0.6 is 12.4 Å². The Morgan fingerprint density at radius 1 is 1.31 bits per heavy atom. The summed E-state index contributed by atoms with van der Waals surface area (Å²) in [6.45, 7) is 1.99. The lowest BCUT2D eigenvalue weighted by atomic mass is 10.1. The van der Waals surface area contributed by atoms with Crippen LogP contribution in [0.3, 0.4) is 0 Å². The van der Waals surface area contributed by atoms with Gasteiger partial charge in [-0.3, -0.25) is 0 Å². The summed E-state index contributed by atoms with van der Waals surface area (Å²) in [6, 6.07) is 8.22. The van der Waals surface area contributed by atoms with Crippen molar-refractivity contribution in [2.75, 3.05) is 0 Å². The molecule has 2 rings (SSSR count). The van der Waals surface area contributed by atoms with Crippen LogP contribution in [0.5, 0.6) is 5.75 Å². The zero-order valence-corrected chi connectivity index (χ0v) is 10.5. The van der Waals surface area contributed by atoms with Gasteiger partial charge in [-0.1, -0.05) is 12.1 Å². The fourth-order valence-electron chi connectivity index (χ4n) is 2.07. The van der Waals surface area contributed by atoms with Gasteiger partial charge in [-0.15, -0.1) is 12.4 Å². The van der Waals surface area contributed by atoms with Gasteiger partial charge in [0.2, 0.25) is 0 Å². The number of halogens is 1. The lowest BCUT2D eigenvalue weighted by Gasteiger charge is -2.14. The molecular formula is C13H20ClNO. The summed E-state index contributed by atoms with van der Waals surface area (Å²) in [5, 5.41) is 0. The average Bonchev–Trinajstić information content (AvgIpc) is 2.71. The lowest BCUT2D eigenvalue weighted by molar-refractivity contribution is 0.210. The molecule has 3 heteroatoms. The van der Waals surface area contributed by atoms with Gasteiger partial charge < -0.3 is 10.5 Å². The van der Waals surface area contributed by atoms with Crippen molar-refractivity contribution in [1.29, 1.82) is 0 Å². The van der Waals surface area contributed by atoms with E-state index >= 15 is 0 Å². The number of hydrogen-bond acceptors (Lipinski definition) is 2. The van der Waals surface area contributed by atoms with Gasteiger partial charge in [-0.25, -0.2) is 0 Å². The van der Waals surface area contributed by atoms with Crippen LogP contribution < -0.4 is 10.5 Å². The van der Waals surface area contributed by atoms with Crippen molar-refractivity contribution in [3.63, 3.8) is 0 Å². The molecule has 2 nitrogen and oxygen atoms in total.